The third-order valence-electron chi connectivity index (χ3n) is 7.74. The molecular weight excluding hydrogens is 610 g/mol. The Morgan fingerprint density at radius 3 is 2.02 bits per heavy atom. The number of hydrogen-bond acceptors (Lipinski definition) is 8. The highest BCUT2D eigenvalue weighted by molar-refractivity contribution is 7.15. The number of likely N-dealkylation sites (tertiary alicyclic amines) is 1. The van der Waals surface area contributed by atoms with Gasteiger partial charge in [0.25, 0.3) is 0 Å². The van der Waals surface area contributed by atoms with Gasteiger partial charge in [-0.05, 0) is 91.5 Å². The zero-order chi connectivity index (χ0) is 34.6. The van der Waals surface area contributed by atoms with E-state index < -0.39 is 29.6 Å². The van der Waals surface area contributed by atoms with Crippen LogP contribution in [-0.2, 0) is 29.0 Å². The summed E-state index contributed by atoms with van der Waals surface area (Å²) >= 11 is 1.43. The van der Waals surface area contributed by atoms with Crippen molar-refractivity contribution in [3.8, 4) is 0 Å². The van der Waals surface area contributed by atoms with E-state index in [9.17, 15) is 29.4 Å². The van der Waals surface area contributed by atoms with Crippen LogP contribution in [0.2, 0.25) is 0 Å². The second-order valence-corrected chi connectivity index (χ2v) is 14.9. The molecule has 1 aromatic carbocycles. The number of nitrogens with zero attached hydrogens (tertiary/aromatic N) is 5. The Balaban J connectivity index is 1.82. The number of hydrogen-bond donors (Lipinski definition) is 4. The van der Waals surface area contributed by atoms with Gasteiger partial charge in [0, 0.05) is 49.2 Å². The first kappa shape index (κ1) is 36.6. The standard InChI is InChI=1S/C32H49N7O6S/c1-20(40)33-27-35-23(25(46-27)19-37-18-10-11-24(37)26(41)36(8)9)17-14-21-12-15-22(16-13-21)34-28(38(29(42)43)31(2,3)4)39(30(44)45)32(5,6)7/h12-13,15-16,24,28,34H,10-11,14,17-19H2,1-9H3,(H,42,43)(H,44,45)(H,33,35,40)/t24-/m0/s1. The van der Waals surface area contributed by atoms with Crippen LogP contribution in [0.25, 0.3) is 0 Å². The molecule has 46 heavy (non-hydrogen) atoms. The van der Waals surface area contributed by atoms with Crippen LogP contribution in [0.1, 0.15) is 77.4 Å². The fourth-order valence-corrected chi connectivity index (χ4v) is 6.70. The zero-order valence-electron chi connectivity index (χ0n) is 28.4. The highest BCUT2D eigenvalue weighted by Gasteiger charge is 2.43. The molecule has 1 saturated heterocycles. The summed E-state index contributed by atoms with van der Waals surface area (Å²) in [6.45, 7) is 13.1. The summed E-state index contributed by atoms with van der Waals surface area (Å²) in [5.41, 5.74) is 0.619. The Bertz CT molecular complexity index is 1370. The third kappa shape index (κ3) is 9.32. The van der Waals surface area contributed by atoms with Gasteiger partial charge >= 0.3 is 12.2 Å². The van der Waals surface area contributed by atoms with Crippen LogP contribution in [0, 0.1) is 0 Å². The van der Waals surface area contributed by atoms with Gasteiger partial charge in [-0.15, -0.1) is 11.3 Å². The molecule has 2 heterocycles. The lowest BCUT2D eigenvalue weighted by Gasteiger charge is -2.48. The van der Waals surface area contributed by atoms with E-state index in [1.54, 1.807) is 72.7 Å². The van der Waals surface area contributed by atoms with Crippen molar-refractivity contribution in [2.45, 2.75) is 104 Å². The molecule has 1 fully saturated rings. The number of carbonyl (C=O) groups is 4. The number of anilines is 2. The van der Waals surface area contributed by atoms with E-state index in [4.69, 9.17) is 4.98 Å². The van der Waals surface area contributed by atoms with E-state index in [-0.39, 0.29) is 17.9 Å². The Labute approximate surface area is 275 Å². The van der Waals surface area contributed by atoms with Crippen molar-refractivity contribution >= 4 is 46.2 Å². The van der Waals surface area contributed by atoms with Crippen LogP contribution in [-0.4, -0.2) is 103 Å². The molecule has 0 aliphatic carbocycles. The minimum Gasteiger partial charge on any atom is -0.465 e. The number of aromatic nitrogens is 1. The monoisotopic (exact) mass is 659 g/mol. The molecule has 13 nitrogen and oxygen atoms in total. The van der Waals surface area contributed by atoms with Gasteiger partial charge in [0.15, 0.2) is 11.4 Å². The molecule has 4 N–H and O–H groups in total. The molecule has 0 spiro atoms. The lowest BCUT2D eigenvalue weighted by atomic mass is 10.0. The van der Waals surface area contributed by atoms with Crippen LogP contribution < -0.4 is 10.6 Å². The number of nitrogens with one attached hydrogen (secondary N) is 2. The molecule has 1 aliphatic heterocycles. The molecule has 1 atom stereocenters. The van der Waals surface area contributed by atoms with Crippen LogP contribution in [0.5, 0.6) is 0 Å². The van der Waals surface area contributed by atoms with E-state index in [0.717, 1.165) is 45.3 Å². The molecule has 0 unspecified atom stereocenters. The number of rotatable bonds is 11. The molecule has 2 aromatic rings. The first-order valence-electron chi connectivity index (χ1n) is 15.4. The van der Waals surface area contributed by atoms with Crippen LogP contribution >= 0.6 is 11.3 Å². The van der Waals surface area contributed by atoms with Gasteiger partial charge < -0.3 is 25.7 Å². The maximum absolute atomic E-state index is 12.8. The number of aryl methyl sites for hydroxylation is 2. The lowest BCUT2D eigenvalue weighted by Crippen LogP contribution is -2.66. The fraction of sp³-hybridized carbons (Fsp3) is 0.594. The maximum Gasteiger partial charge on any atom is 0.410 e. The van der Waals surface area contributed by atoms with E-state index in [0.29, 0.717) is 30.2 Å². The molecule has 14 heteroatoms. The topological polar surface area (TPSA) is 159 Å². The quantitative estimate of drug-likeness (QED) is 0.238. The number of benzene rings is 1. The van der Waals surface area contributed by atoms with Gasteiger partial charge in [-0.1, -0.05) is 12.1 Å². The Hall–Kier alpha value is -3.91. The number of thiazole rings is 1. The summed E-state index contributed by atoms with van der Waals surface area (Å²) < 4.78 is 0. The van der Waals surface area contributed by atoms with E-state index in [2.05, 4.69) is 15.5 Å². The summed E-state index contributed by atoms with van der Waals surface area (Å²) in [6.07, 6.45) is -0.689. The average molecular weight is 660 g/mol. The van der Waals surface area contributed by atoms with Crippen LogP contribution in [0.3, 0.4) is 0 Å². The minimum absolute atomic E-state index is 0.0875. The zero-order valence-corrected chi connectivity index (χ0v) is 29.2. The fourth-order valence-electron chi connectivity index (χ4n) is 5.62. The molecule has 0 radical (unpaired) electrons. The predicted octanol–water partition coefficient (Wildman–Crippen LogP) is 5.19. The van der Waals surface area contributed by atoms with Crippen molar-refractivity contribution in [2.24, 2.45) is 0 Å². The van der Waals surface area contributed by atoms with E-state index in [1.807, 2.05) is 12.1 Å². The van der Waals surface area contributed by atoms with Crippen molar-refractivity contribution in [1.82, 2.24) is 24.6 Å². The van der Waals surface area contributed by atoms with Gasteiger partial charge in [0.1, 0.15) is 0 Å². The SMILES string of the molecule is CC(=O)Nc1nc(CCc2ccc(NC(N(C(=O)O)C(C)(C)C)N(C(=O)O)C(C)(C)C)cc2)c(CN2CCC[C@H]2C(=O)N(C)C)s1. The first-order valence-corrected chi connectivity index (χ1v) is 16.2. The summed E-state index contributed by atoms with van der Waals surface area (Å²) in [4.78, 5) is 61.1. The molecule has 0 saturated carbocycles. The van der Waals surface area contributed by atoms with Crippen LogP contribution in [0.15, 0.2) is 24.3 Å². The summed E-state index contributed by atoms with van der Waals surface area (Å²) in [5, 5.41) is 26.7. The molecular formula is C32H49N7O6S. The summed E-state index contributed by atoms with van der Waals surface area (Å²) in [5.74, 6) is -0.111. The highest BCUT2D eigenvalue weighted by atomic mass is 32.1. The smallest absolute Gasteiger partial charge is 0.410 e. The van der Waals surface area contributed by atoms with Gasteiger partial charge in [0.2, 0.25) is 11.8 Å². The molecule has 1 aliphatic rings. The molecule has 3 rings (SSSR count). The summed E-state index contributed by atoms with van der Waals surface area (Å²) in [6, 6.07) is 7.26. The Morgan fingerprint density at radius 2 is 1.54 bits per heavy atom. The van der Waals surface area contributed by atoms with Gasteiger partial charge in [-0.25, -0.2) is 14.6 Å². The normalized spacial score (nSPS) is 15.5. The molecule has 1 aromatic heterocycles. The van der Waals surface area contributed by atoms with E-state index >= 15 is 0 Å². The van der Waals surface area contributed by atoms with Crippen molar-refractivity contribution < 1.29 is 29.4 Å². The van der Waals surface area contributed by atoms with Gasteiger partial charge in [0.05, 0.1) is 11.7 Å². The minimum atomic E-state index is -1.25. The van der Waals surface area contributed by atoms with E-state index in [1.165, 1.54) is 18.3 Å². The number of carbonyl (C=O) groups excluding carboxylic acids is 2. The van der Waals surface area contributed by atoms with Crippen molar-refractivity contribution in [2.75, 3.05) is 31.3 Å². The largest absolute Gasteiger partial charge is 0.465 e. The number of amides is 4. The molecule has 0 bridgehead atoms. The Morgan fingerprint density at radius 1 is 0.978 bits per heavy atom. The number of likely N-dealkylation sites (N-methyl/N-ethyl adjacent to an activating group) is 1. The molecule has 4 amide bonds. The molecule has 254 valence electrons. The van der Waals surface area contributed by atoms with Crippen molar-refractivity contribution in [1.29, 1.82) is 0 Å². The predicted molar refractivity (Wildman–Crippen MR) is 179 cm³/mol. The Kier molecular flexibility index (Phi) is 11.7. The maximum atomic E-state index is 12.8. The highest BCUT2D eigenvalue weighted by Crippen LogP contribution is 2.30. The third-order valence-corrected chi connectivity index (χ3v) is 8.74. The first-order chi connectivity index (χ1) is 21.3. The van der Waals surface area contributed by atoms with Gasteiger partial charge in [-0.3, -0.25) is 24.3 Å². The summed E-state index contributed by atoms with van der Waals surface area (Å²) in [7, 11) is 3.54. The van der Waals surface area contributed by atoms with Crippen molar-refractivity contribution in [3.63, 3.8) is 0 Å². The van der Waals surface area contributed by atoms with Crippen molar-refractivity contribution in [3.05, 3.63) is 40.4 Å². The van der Waals surface area contributed by atoms with Gasteiger partial charge in [-0.2, -0.15) is 0 Å². The second-order valence-electron chi connectivity index (χ2n) is 13.8. The lowest BCUT2D eigenvalue weighted by molar-refractivity contribution is -0.133. The van der Waals surface area contributed by atoms with Crippen LogP contribution in [0.4, 0.5) is 20.4 Å². The number of carboxylic acid groups (broad SMARTS) is 2. The average Bonchev–Trinajstić information content (AvgIpc) is 3.51. The second kappa shape index (κ2) is 14.7.